The van der Waals surface area contributed by atoms with E-state index in [-0.39, 0.29) is 40.4 Å². The van der Waals surface area contributed by atoms with Gasteiger partial charge in [-0.1, -0.05) is 6.07 Å². The van der Waals surface area contributed by atoms with E-state index in [9.17, 15) is 9.18 Å². The molecule has 5 nitrogen and oxygen atoms in total. The van der Waals surface area contributed by atoms with Crippen LogP contribution in [0, 0.1) is 12.7 Å². The van der Waals surface area contributed by atoms with Crippen molar-refractivity contribution in [1.82, 2.24) is 16.0 Å². The first-order chi connectivity index (χ1) is 11.8. The van der Waals surface area contributed by atoms with Gasteiger partial charge in [0, 0.05) is 29.9 Å². The largest absolute Gasteiger partial charge is 0.357 e. The number of hydrogen-bond acceptors (Lipinski definition) is 3. The van der Waals surface area contributed by atoms with Gasteiger partial charge in [-0.05, 0) is 51.6 Å². The Bertz CT molecular complexity index is 611. The van der Waals surface area contributed by atoms with E-state index in [0.717, 1.165) is 12.5 Å². The van der Waals surface area contributed by atoms with Gasteiger partial charge in [0.1, 0.15) is 5.82 Å². The number of nitrogens with zero attached hydrogens (tertiary/aromatic N) is 1. The fourth-order valence-corrected chi connectivity index (χ4v) is 2.06. The minimum Gasteiger partial charge on any atom is -0.357 e. The zero-order valence-corrected chi connectivity index (χ0v) is 19.3. The van der Waals surface area contributed by atoms with Crippen LogP contribution in [-0.4, -0.2) is 49.0 Å². The summed E-state index contributed by atoms with van der Waals surface area (Å²) < 4.78 is 13.6. The lowest BCUT2D eigenvalue weighted by Crippen LogP contribution is -2.42. The van der Waals surface area contributed by atoms with Gasteiger partial charge in [-0.25, -0.2) is 4.39 Å². The van der Waals surface area contributed by atoms with E-state index in [0.29, 0.717) is 30.8 Å². The van der Waals surface area contributed by atoms with Gasteiger partial charge >= 0.3 is 0 Å². The molecule has 8 heteroatoms. The Morgan fingerprint density at radius 2 is 1.88 bits per heavy atom. The van der Waals surface area contributed by atoms with Crippen LogP contribution in [0.2, 0.25) is 0 Å². The maximum atomic E-state index is 13.5. The normalized spacial score (nSPS) is 11.5. The van der Waals surface area contributed by atoms with Crippen molar-refractivity contribution in [3.8, 4) is 0 Å². The molecule has 0 spiro atoms. The van der Waals surface area contributed by atoms with Gasteiger partial charge in [0.2, 0.25) is 0 Å². The number of aryl methyl sites for hydroxylation is 1. The zero-order valence-electron chi connectivity index (χ0n) is 16.1. The number of benzene rings is 1. The second-order valence-electron chi connectivity index (χ2n) is 6.31. The monoisotopic (exact) mass is 496 g/mol. The molecule has 0 fully saturated rings. The average Bonchev–Trinajstić information content (AvgIpc) is 2.58. The molecule has 0 unspecified atom stereocenters. The lowest BCUT2D eigenvalue weighted by atomic mass is 10.1. The van der Waals surface area contributed by atoms with Crippen molar-refractivity contribution in [2.24, 2.45) is 4.99 Å². The van der Waals surface area contributed by atoms with E-state index in [2.05, 4.69) is 41.0 Å². The summed E-state index contributed by atoms with van der Waals surface area (Å²) in [5.74, 6) is 0.0650. The molecule has 0 heterocycles. The van der Waals surface area contributed by atoms with E-state index in [1.165, 1.54) is 6.07 Å². The molecule has 0 saturated carbocycles. The molecule has 1 aromatic rings. The van der Waals surface area contributed by atoms with Gasteiger partial charge in [0.15, 0.2) is 5.96 Å². The first kappa shape index (κ1) is 25.0. The van der Waals surface area contributed by atoms with Crippen molar-refractivity contribution in [2.75, 3.05) is 32.4 Å². The number of carbonyl (C=O) groups is 1. The Kier molecular flexibility index (Phi) is 11.9. The molecule has 0 bridgehead atoms. The maximum absolute atomic E-state index is 13.5. The minimum absolute atomic E-state index is 0. The highest BCUT2D eigenvalue weighted by atomic mass is 127. The molecule has 1 aromatic carbocycles. The van der Waals surface area contributed by atoms with Crippen LogP contribution in [0.3, 0.4) is 0 Å². The van der Waals surface area contributed by atoms with Crippen molar-refractivity contribution in [3.63, 3.8) is 0 Å². The molecule has 0 radical (unpaired) electrons. The Morgan fingerprint density at radius 3 is 2.46 bits per heavy atom. The quantitative estimate of drug-likeness (QED) is 0.224. The molecule has 0 aliphatic rings. The summed E-state index contributed by atoms with van der Waals surface area (Å²) in [5.41, 5.74) is 0.850. The number of guanidine groups is 1. The number of hydrogen-bond donors (Lipinski definition) is 3. The van der Waals surface area contributed by atoms with Gasteiger partial charge in [-0.15, -0.1) is 24.0 Å². The SMILES string of the molecule is CCNC(=NCC(C)(C)SC)NCCNC(=O)c1ccc(C)c(F)c1.I. The summed E-state index contributed by atoms with van der Waals surface area (Å²) in [6.07, 6.45) is 2.07. The Morgan fingerprint density at radius 1 is 1.23 bits per heavy atom. The lowest BCUT2D eigenvalue weighted by Gasteiger charge is -2.20. The highest BCUT2D eigenvalue weighted by Crippen LogP contribution is 2.20. The first-order valence-corrected chi connectivity index (χ1v) is 9.63. The van der Waals surface area contributed by atoms with Crippen molar-refractivity contribution in [3.05, 3.63) is 35.1 Å². The van der Waals surface area contributed by atoms with Crippen molar-refractivity contribution in [2.45, 2.75) is 32.4 Å². The zero-order chi connectivity index (χ0) is 18.9. The van der Waals surface area contributed by atoms with Crippen LogP contribution < -0.4 is 16.0 Å². The summed E-state index contributed by atoms with van der Waals surface area (Å²) in [6, 6.07) is 4.48. The first-order valence-electron chi connectivity index (χ1n) is 8.40. The van der Waals surface area contributed by atoms with Gasteiger partial charge in [0.25, 0.3) is 5.91 Å². The van der Waals surface area contributed by atoms with Crippen molar-refractivity contribution >= 4 is 47.6 Å². The van der Waals surface area contributed by atoms with Gasteiger partial charge in [0.05, 0.1) is 6.54 Å². The molecule has 0 aromatic heterocycles. The third-order valence-electron chi connectivity index (χ3n) is 3.65. The molecule has 148 valence electrons. The fraction of sp³-hybridized carbons (Fsp3) is 0.556. The third kappa shape index (κ3) is 9.07. The lowest BCUT2D eigenvalue weighted by molar-refractivity contribution is 0.0954. The summed E-state index contributed by atoms with van der Waals surface area (Å²) in [7, 11) is 0. The van der Waals surface area contributed by atoms with Crippen LogP contribution in [-0.2, 0) is 0 Å². The van der Waals surface area contributed by atoms with Crippen LogP contribution in [0.5, 0.6) is 0 Å². The van der Waals surface area contributed by atoms with Gasteiger partial charge in [-0.3, -0.25) is 9.79 Å². The molecule has 0 atom stereocenters. The van der Waals surface area contributed by atoms with Crippen LogP contribution in [0.25, 0.3) is 0 Å². The summed E-state index contributed by atoms with van der Waals surface area (Å²) in [4.78, 5) is 16.6. The number of aliphatic imine (C=N–C) groups is 1. The number of thioether (sulfide) groups is 1. The molecule has 1 rings (SSSR count). The predicted molar refractivity (Wildman–Crippen MR) is 120 cm³/mol. The molecule has 0 aliphatic heterocycles. The summed E-state index contributed by atoms with van der Waals surface area (Å²) in [5, 5.41) is 9.14. The highest BCUT2D eigenvalue weighted by molar-refractivity contribution is 14.0. The van der Waals surface area contributed by atoms with E-state index in [4.69, 9.17) is 0 Å². The van der Waals surface area contributed by atoms with Gasteiger partial charge in [-0.2, -0.15) is 11.8 Å². The van der Waals surface area contributed by atoms with Crippen LogP contribution in [0.1, 0.15) is 36.7 Å². The van der Waals surface area contributed by atoms with E-state index < -0.39 is 0 Å². The second kappa shape index (κ2) is 12.4. The van der Waals surface area contributed by atoms with Crippen LogP contribution in [0.4, 0.5) is 4.39 Å². The Labute approximate surface area is 177 Å². The van der Waals surface area contributed by atoms with Gasteiger partial charge < -0.3 is 16.0 Å². The molecule has 1 amide bonds. The third-order valence-corrected chi connectivity index (χ3v) is 4.89. The van der Waals surface area contributed by atoms with E-state index in [1.54, 1.807) is 30.8 Å². The molecular weight excluding hydrogens is 466 g/mol. The molecule has 26 heavy (non-hydrogen) atoms. The number of rotatable bonds is 8. The standard InChI is InChI=1S/C18H29FN4OS.HI/c1-6-20-17(23-12-18(3,4)25-5)22-10-9-21-16(24)14-8-7-13(2)15(19)11-14;/h7-8,11H,6,9-10,12H2,1-5H3,(H,21,24)(H2,20,22,23);1H. The van der Waals surface area contributed by atoms with Crippen molar-refractivity contribution < 1.29 is 9.18 Å². The number of nitrogens with one attached hydrogen (secondary N) is 3. The fourth-order valence-electron chi connectivity index (χ4n) is 1.87. The molecule has 0 saturated heterocycles. The minimum atomic E-state index is -0.372. The summed E-state index contributed by atoms with van der Waals surface area (Å²) >= 11 is 1.77. The smallest absolute Gasteiger partial charge is 0.251 e. The number of carbonyl (C=O) groups excluding carboxylic acids is 1. The summed E-state index contributed by atoms with van der Waals surface area (Å²) in [6.45, 7) is 10.4. The molecule has 0 aliphatic carbocycles. The second-order valence-corrected chi connectivity index (χ2v) is 7.82. The Balaban J connectivity index is 0.00000625. The number of amides is 1. The predicted octanol–water partition coefficient (Wildman–Crippen LogP) is 3.18. The maximum Gasteiger partial charge on any atom is 0.251 e. The van der Waals surface area contributed by atoms with Crippen LogP contribution in [0.15, 0.2) is 23.2 Å². The van der Waals surface area contributed by atoms with Crippen LogP contribution >= 0.6 is 35.7 Å². The average molecular weight is 496 g/mol. The van der Waals surface area contributed by atoms with Crippen molar-refractivity contribution in [1.29, 1.82) is 0 Å². The van der Waals surface area contributed by atoms with E-state index in [1.807, 2.05) is 6.92 Å². The topological polar surface area (TPSA) is 65.5 Å². The molecular formula is C18H30FIN4OS. The Hall–Kier alpha value is -1.03. The molecule has 3 N–H and O–H groups in total. The highest BCUT2D eigenvalue weighted by Gasteiger charge is 2.15. The van der Waals surface area contributed by atoms with E-state index >= 15 is 0 Å². The number of halogens is 2.